The maximum absolute atomic E-state index is 11.1. The van der Waals surface area contributed by atoms with Crippen LogP contribution >= 0.6 is 0 Å². The zero-order valence-corrected chi connectivity index (χ0v) is 10.2. The fourth-order valence-electron chi connectivity index (χ4n) is 1.28. The normalized spacial score (nSPS) is 9.17. The van der Waals surface area contributed by atoms with Gasteiger partial charge in [-0.25, -0.2) is 4.79 Å². The summed E-state index contributed by atoms with van der Waals surface area (Å²) < 4.78 is 15.1. The maximum Gasteiger partial charge on any atom is 0.408 e. The summed E-state index contributed by atoms with van der Waals surface area (Å²) in [6, 6.07) is 6.97. The highest BCUT2D eigenvalue weighted by Gasteiger charge is 2.08. The number of methoxy groups -OCH3 is 2. The predicted molar refractivity (Wildman–Crippen MR) is 63.3 cm³/mol. The van der Waals surface area contributed by atoms with Crippen LogP contribution in [0.5, 0.6) is 11.5 Å². The number of hydrogen-bond acceptors (Lipinski definition) is 5. The smallest absolute Gasteiger partial charge is 0.408 e. The first-order valence-electron chi connectivity index (χ1n) is 5.19. The largest absolute Gasteiger partial charge is 0.497 e. The van der Waals surface area contributed by atoms with Gasteiger partial charge in [0.25, 0.3) is 0 Å². The quantitative estimate of drug-likeness (QED) is 0.800. The second-order valence-electron chi connectivity index (χ2n) is 3.27. The van der Waals surface area contributed by atoms with Crippen LogP contribution in [0.15, 0.2) is 18.2 Å². The van der Waals surface area contributed by atoms with Crippen LogP contribution in [-0.4, -0.2) is 26.9 Å². The Balaban J connectivity index is 2.62. The molecular formula is C12H14N2O4. The predicted octanol–water partition coefficient (Wildman–Crippen LogP) is 1.45. The number of alkyl carbamates (subject to hydrolysis) is 1. The highest BCUT2D eigenvalue weighted by molar-refractivity contribution is 5.67. The van der Waals surface area contributed by atoms with E-state index in [0.29, 0.717) is 17.1 Å². The number of benzene rings is 1. The molecule has 0 spiro atoms. The second-order valence-corrected chi connectivity index (χ2v) is 3.27. The van der Waals surface area contributed by atoms with E-state index >= 15 is 0 Å². The molecule has 0 heterocycles. The van der Waals surface area contributed by atoms with Crippen molar-refractivity contribution < 1.29 is 19.0 Å². The minimum absolute atomic E-state index is 0.0599. The third kappa shape index (κ3) is 3.87. The Labute approximate surface area is 105 Å². The van der Waals surface area contributed by atoms with E-state index in [1.54, 1.807) is 31.4 Å². The first kappa shape index (κ1) is 13.6. The van der Waals surface area contributed by atoms with Crippen LogP contribution in [0.1, 0.15) is 5.56 Å². The van der Waals surface area contributed by atoms with E-state index in [4.69, 9.17) is 19.5 Å². The summed E-state index contributed by atoms with van der Waals surface area (Å²) >= 11 is 0. The van der Waals surface area contributed by atoms with Crippen LogP contribution in [0, 0.1) is 11.3 Å². The first-order valence-corrected chi connectivity index (χ1v) is 5.19. The minimum Gasteiger partial charge on any atom is -0.497 e. The summed E-state index contributed by atoms with van der Waals surface area (Å²) in [5, 5.41) is 10.6. The molecule has 0 saturated heterocycles. The van der Waals surface area contributed by atoms with Gasteiger partial charge in [0.15, 0.2) is 0 Å². The van der Waals surface area contributed by atoms with E-state index in [1.165, 1.54) is 7.11 Å². The van der Waals surface area contributed by atoms with Gasteiger partial charge < -0.3 is 19.5 Å². The van der Waals surface area contributed by atoms with E-state index in [0.717, 1.165) is 0 Å². The Bertz CT molecular complexity index is 454. The molecule has 1 amide bonds. The van der Waals surface area contributed by atoms with Crippen LogP contribution in [-0.2, 0) is 11.3 Å². The fourth-order valence-corrected chi connectivity index (χ4v) is 1.28. The second kappa shape index (κ2) is 7.01. The first-order chi connectivity index (χ1) is 8.71. The van der Waals surface area contributed by atoms with Crippen molar-refractivity contribution in [3.05, 3.63) is 23.8 Å². The highest BCUT2D eigenvalue weighted by Crippen LogP contribution is 2.25. The summed E-state index contributed by atoms with van der Waals surface area (Å²) in [4.78, 5) is 11.1. The molecule has 6 heteroatoms. The maximum atomic E-state index is 11.1. The Morgan fingerprint density at radius 2 is 2.17 bits per heavy atom. The summed E-state index contributed by atoms with van der Waals surface area (Å²) in [6.45, 7) is -0.0248. The molecule has 0 aliphatic heterocycles. The van der Waals surface area contributed by atoms with E-state index in [-0.39, 0.29) is 13.2 Å². The standard InChI is InChI=1S/C12H14N2O4/c1-16-10-4-3-9(11(7-10)17-2)8-18-12(15)14-6-5-13/h3-4,7H,6,8H2,1-2H3,(H,14,15). The van der Waals surface area contributed by atoms with Crippen molar-refractivity contribution in [3.63, 3.8) is 0 Å². The Hall–Kier alpha value is -2.42. The molecule has 0 atom stereocenters. The summed E-state index contributed by atoms with van der Waals surface area (Å²) in [5.74, 6) is 1.23. The van der Waals surface area contributed by atoms with Crippen molar-refractivity contribution in [1.82, 2.24) is 5.32 Å². The van der Waals surface area contributed by atoms with Crippen molar-refractivity contribution in [2.24, 2.45) is 0 Å². The van der Waals surface area contributed by atoms with Crippen molar-refractivity contribution in [2.75, 3.05) is 20.8 Å². The number of ether oxygens (including phenoxy) is 3. The van der Waals surface area contributed by atoms with Gasteiger partial charge in [-0.2, -0.15) is 5.26 Å². The zero-order valence-electron chi connectivity index (χ0n) is 10.2. The third-order valence-corrected chi connectivity index (χ3v) is 2.16. The molecule has 18 heavy (non-hydrogen) atoms. The van der Waals surface area contributed by atoms with Gasteiger partial charge in [0.05, 0.1) is 20.3 Å². The highest BCUT2D eigenvalue weighted by atomic mass is 16.5. The monoisotopic (exact) mass is 250 g/mol. The molecule has 6 nitrogen and oxygen atoms in total. The van der Waals surface area contributed by atoms with Gasteiger partial charge in [-0.05, 0) is 12.1 Å². The van der Waals surface area contributed by atoms with Crippen LogP contribution in [0.2, 0.25) is 0 Å². The number of carbonyl (C=O) groups is 1. The number of rotatable bonds is 5. The van der Waals surface area contributed by atoms with E-state index < -0.39 is 6.09 Å². The van der Waals surface area contributed by atoms with Gasteiger partial charge in [0.2, 0.25) is 0 Å². The molecule has 0 fully saturated rings. The molecule has 0 aliphatic rings. The average molecular weight is 250 g/mol. The number of nitrogens with one attached hydrogen (secondary N) is 1. The summed E-state index contributed by atoms with van der Waals surface area (Å²) in [7, 11) is 3.08. The molecule has 1 aromatic rings. The molecule has 0 saturated carbocycles. The lowest BCUT2D eigenvalue weighted by molar-refractivity contribution is 0.140. The van der Waals surface area contributed by atoms with Gasteiger partial charge in [-0.15, -0.1) is 0 Å². The van der Waals surface area contributed by atoms with E-state index in [9.17, 15) is 4.79 Å². The van der Waals surface area contributed by atoms with Gasteiger partial charge in [0, 0.05) is 11.6 Å². The van der Waals surface area contributed by atoms with Gasteiger partial charge in [-0.1, -0.05) is 0 Å². The van der Waals surface area contributed by atoms with Crippen molar-refractivity contribution in [1.29, 1.82) is 5.26 Å². The average Bonchev–Trinajstić information content (AvgIpc) is 2.42. The van der Waals surface area contributed by atoms with Crippen molar-refractivity contribution in [3.8, 4) is 17.6 Å². The van der Waals surface area contributed by atoms with Crippen LogP contribution in [0.4, 0.5) is 4.79 Å². The number of nitriles is 1. The van der Waals surface area contributed by atoms with Crippen molar-refractivity contribution in [2.45, 2.75) is 6.61 Å². The minimum atomic E-state index is -0.644. The molecule has 0 unspecified atom stereocenters. The molecule has 1 rings (SSSR count). The van der Waals surface area contributed by atoms with Crippen LogP contribution in [0.25, 0.3) is 0 Å². The molecule has 1 N–H and O–H groups in total. The van der Waals surface area contributed by atoms with Gasteiger partial charge in [-0.3, -0.25) is 0 Å². The lowest BCUT2D eigenvalue weighted by Gasteiger charge is -2.10. The SMILES string of the molecule is COc1ccc(COC(=O)NCC#N)c(OC)c1. The number of nitrogens with zero attached hydrogens (tertiary/aromatic N) is 1. The third-order valence-electron chi connectivity index (χ3n) is 2.16. The molecule has 96 valence electrons. The number of hydrogen-bond donors (Lipinski definition) is 1. The number of amides is 1. The topological polar surface area (TPSA) is 80.6 Å². The number of carbonyl (C=O) groups excluding carboxylic acids is 1. The zero-order chi connectivity index (χ0) is 13.4. The Morgan fingerprint density at radius 1 is 1.39 bits per heavy atom. The van der Waals surface area contributed by atoms with E-state index in [1.807, 2.05) is 0 Å². The molecule has 1 aromatic carbocycles. The molecule has 0 aromatic heterocycles. The van der Waals surface area contributed by atoms with Crippen molar-refractivity contribution >= 4 is 6.09 Å². The van der Waals surface area contributed by atoms with Gasteiger partial charge in [0.1, 0.15) is 24.7 Å². The molecular weight excluding hydrogens is 236 g/mol. The molecule has 0 aliphatic carbocycles. The van der Waals surface area contributed by atoms with Crippen LogP contribution < -0.4 is 14.8 Å². The summed E-state index contributed by atoms with van der Waals surface area (Å²) in [5.41, 5.74) is 0.713. The van der Waals surface area contributed by atoms with E-state index in [2.05, 4.69) is 5.32 Å². The molecule has 0 radical (unpaired) electrons. The van der Waals surface area contributed by atoms with Crippen LogP contribution in [0.3, 0.4) is 0 Å². The summed E-state index contributed by atoms with van der Waals surface area (Å²) in [6.07, 6.45) is -0.644. The Morgan fingerprint density at radius 3 is 2.78 bits per heavy atom. The lowest BCUT2D eigenvalue weighted by atomic mass is 10.2. The Kier molecular flexibility index (Phi) is 5.32. The van der Waals surface area contributed by atoms with Gasteiger partial charge >= 0.3 is 6.09 Å². The lowest BCUT2D eigenvalue weighted by Crippen LogP contribution is -2.24. The molecule has 0 bridgehead atoms. The fraction of sp³-hybridized carbons (Fsp3) is 0.333.